The predicted molar refractivity (Wildman–Crippen MR) is 468 cm³/mol. The molecular weight excluding hydrogens is 1280 g/mol. The Labute approximate surface area is 660 Å². The Morgan fingerprint density at radius 1 is 0.362 bits per heavy atom. The van der Waals surface area contributed by atoms with Crippen LogP contribution >= 0.6 is 0 Å². The van der Waals surface area contributed by atoms with E-state index in [1.807, 2.05) is 0 Å². The molecule has 8 saturated heterocycles. The summed E-state index contributed by atoms with van der Waals surface area (Å²) >= 11 is 0. The summed E-state index contributed by atoms with van der Waals surface area (Å²) in [7, 11) is 0. The van der Waals surface area contributed by atoms with Crippen LogP contribution in [0.1, 0.15) is 314 Å². The van der Waals surface area contributed by atoms with Crippen molar-refractivity contribution in [2.24, 2.45) is 124 Å². The second kappa shape index (κ2) is 46.5. The van der Waals surface area contributed by atoms with Gasteiger partial charge in [0.15, 0.2) is 0 Å². The van der Waals surface area contributed by atoms with E-state index in [2.05, 4.69) is 308 Å². The van der Waals surface area contributed by atoms with E-state index in [-0.39, 0.29) is 0 Å². The molecular formula is C96H192N8O. The van der Waals surface area contributed by atoms with Gasteiger partial charge in [0.2, 0.25) is 0 Å². The fraction of sp³-hybridized carbons (Fsp3) is 0.958. The van der Waals surface area contributed by atoms with E-state index in [4.69, 9.17) is 0 Å². The first kappa shape index (κ1) is 98.3. The summed E-state index contributed by atoms with van der Waals surface area (Å²) in [6, 6.07) is 5.77. The standard InChI is InChI=1S/C14H23N.C12H22.2C11H23N.3C10H21N.C9H19NO.C9H19N/c1-10(2)13-6-5-12-9-15(11(3)4)8-7-14(12)13;1-7(2)9-5-10-11(6-9)12(10)8(3)4;1-9(2)11-5-7-12(8-6-11)10(3)4;1-9(2)11-6-5-7-12(8-11)10(3)4;1-8(2)10(5)6-11(7-10)9(3)4;1-8(2)5-10-6-11(7-10)9(3)4;1-8(2)10-5-6-11(7-10)9(3)4;1-7(2)9(11)5-10(6-9)8(3)4;1-7(2)9-5-10(6-9)8(3)4/h5-6,10-12H,7-9H2,1-4H3;7-12H,5-6H2,1-4H3;2*9-11H,5-8H2,1-4H3;8-9H,6-7H2,1-5H3;2*8-10H,5-7H2,1-4H3;7-8,11H,5-6H2,1-4H3;7-9H,5-6H2,1-4H3. The van der Waals surface area contributed by atoms with E-state index >= 15 is 0 Å². The lowest BCUT2D eigenvalue weighted by Gasteiger charge is -2.52. The molecule has 0 aromatic heterocycles. The van der Waals surface area contributed by atoms with Crippen LogP contribution in [0.15, 0.2) is 23.3 Å². The van der Waals surface area contributed by atoms with Crippen molar-refractivity contribution in [3.63, 3.8) is 0 Å². The molecule has 0 aromatic carbocycles. The Morgan fingerprint density at radius 3 is 1.10 bits per heavy atom. The van der Waals surface area contributed by atoms with Gasteiger partial charge in [0.05, 0.1) is 5.60 Å². The van der Waals surface area contributed by atoms with Crippen molar-refractivity contribution in [3.05, 3.63) is 23.3 Å². The molecule has 105 heavy (non-hydrogen) atoms. The van der Waals surface area contributed by atoms with Crippen molar-refractivity contribution in [1.82, 2.24) is 39.2 Å². The van der Waals surface area contributed by atoms with E-state index in [0.29, 0.717) is 29.3 Å². The SMILES string of the molecule is CC(C)C1=C2CCN(C(C)C)CC2C=C1.CC(C)C1CC2C(C1)C2C(C)C.CC(C)C1CCCN(C(C)C)C1.CC(C)C1CCN(C(C)C)C1.CC(C)C1CCN(C(C)C)CC1.CC(C)C1CN(C(C)C)C1.CC(C)CC1CN(C(C)C)C1.CC(C)N1CC(C)(C(C)C)C1.CC(C)N1CC(O)(C(C)C)C1. The first-order valence-electron chi connectivity index (χ1n) is 45.7. The smallest absolute Gasteiger partial charge is 0.0923 e. The maximum atomic E-state index is 9.86. The van der Waals surface area contributed by atoms with Gasteiger partial charge in [0, 0.05) is 133 Å². The van der Waals surface area contributed by atoms with Gasteiger partial charge >= 0.3 is 0 Å². The van der Waals surface area contributed by atoms with Crippen LogP contribution in [0.3, 0.4) is 0 Å². The maximum absolute atomic E-state index is 9.86. The molecule has 0 spiro atoms. The minimum Gasteiger partial charge on any atom is -0.387 e. The first-order valence-corrected chi connectivity index (χ1v) is 45.7. The number of aliphatic hydroxyl groups is 1. The summed E-state index contributed by atoms with van der Waals surface area (Å²) in [5.74, 6) is 18.2. The molecule has 5 unspecified atom stereocenters. The van der Waals surface area contributed by atoms with Crippen molar-refractivity contribution < 1.29 is 5.11 Å². The van der Waals surface area contributed by atoms with Crippen molar-refractivity contribution >= 4 is 0 Å². The summed E-state index contributed by atoms with van der Waals surface area (Å²) in [6.07, 6.45) is 17.7. The van der Waals surface area contributed by atoms with Crippen LogP contribution in [0.2, 0.25) is 0 Å². The maximum Gasteiger partial charge on any atom is 0.0923 e. The van der Waals surface area contributed by atoms with Crippen molar-refractivity contribution in [3.8, 4) is 0 Å². The zero-order chi connectivity index (χ0) is 80.0. The highest BCUT2D eigenvalue weighted by Crippen LogP contribution is 2.63. The zero-order valence-corrected chi connectivity index (χ0v) is 78.0. The number of hydrogen-bond acceptors (Lipinski definition) is 9. The third kappa shape index (κ3) is 32.5. The zero-order valence-electron chi connectivity index (χ0n) is 78.0. The fourth-order valence-corrected chi connectivity index (χ4v) is 18.5. The molecule has 8 heterocycles. The van der Waals surface area contributed by atoms with Gasteiger partial charge in [-0.05, 0) is 318 Å². The normalized spacial score (nSPS) is 27.0. The van der Waals surface area contributed by atoms with Gasteiger partial charge in [0.1, 0.15) is 0 Å². The largest absolute Gasteiger partial charge is 0.387 e. The molecule has 1 N–H and O–H groups in total. The number of likely N-dealkylation sites (tertiary alicyclic amines) is 8. The average molecular weight is 1470 g/mol. The van der Waals surface area contributed by atoms with Crippen LogP contribution in [-0.2, 0) is 0 Å². The fourth-order valence-electron chi connectivity index (χ4n) is 18.5. The van der Waals surface area contributed by atoms with E-state index in [1.165, 1.54) is 137 Å². The molecule has 11 aliphatic rings. The molecule has 3 aliphatic carbocycles. The number of rotatable bonds is 19. The molecule has 0 amide bonds. The number of hydrogen-bond donors (Lipinski definition) is 1. The molecule has 0 aromatic rings. The lowest BCUT2D eigenvalue weighted by molar-refractivity contribution is -0.138. The van der Waals surface area contributed by atoms with Gasteiger partial charge in [-0.3, -0.25) is 14.7 Å². The summed E-state index contributed by atoms with van der Waals surface area (Å²) in [4.78, 5) is 20.3. The monoisotopic (exact) mass is 1470 g/mol. The Hall–Kier alpha value is -0.880. The quantitative estimate of drug-likeness (QED) is 0.136. The molecule has 10 fully saturated rings. The highest BCUT2D eigenvalue weighted by molar-refractivity contribution is 5.39. The Kier molecular flexibility index (Phi) is 43.5. The molecule has 9 nitrogen and oxygen atoms in total. The summed E-state index contributed by atoms with van der Waals surface area (Å²) < 4.78 is 0. The topological polar surface area (TPSA) is 46.2 Å². The number of fused-ring (bicyclic) bond motifs is 2. The second-order valence-electron chi connectivity index (χ2n) is 42.6. The lowest BCUT2D eigenvalue weighted by atomic mass is 9.72. The van der Waals surface area contributed by atoms with Crippen LogP contribution < -0.4 is 0 Å². The van der Waals surface area contributed by atoms with Crippen molar-refractivity contribution in [2.45, 2.75) is 368 Å². The van der Waals surface area contributed by atoms with E-state index < -0.39 is 5.60 Å². The van der Waals surface area contributed by atoms with Crippen LogP contribution in [0.25, 0.3) is 0 Å². The van der Waals surface area contributed by atoms with Gasteiger partial charge < -0.3 is 29.6 Å². The molecule has 2 saturated carbocycles. The summed E-state index contributed by atoms with van der Waals surface area (Å²) in [6.45, 7) is 105. The minimum atomic E-state index is -0.399. The van der Waals surface area contributed by atoms with Gasteiger partial charge in [0.25, 0.3) is 0 Å². The average Bonchev–Trinajstić information content (AvgIpc) is 1.59. The number of β-amino-alcohol motifs (C(OH)–C–C–N with tert-alkyl or cyclic N) is 1. The van der Waals surface area contributed by atoms with Crippen LogP contribution in [0, 0.1) is 124 Å². The predicted octanol–water partition coefficient (Wildman–Crippen LogP) is 22.5. The van der Waals surface area contributed by atoms with E-state index in [1.54, 1.807) is 24.0 Å². The van der Waals surface area contributed by atoms with Gasteiger partial charge in [-0.25, -0.2) is 0 Å². The molecule has 622 valence electrons. The number of piperidine rings is 3. The minimum absolute atomic E-state index is 0.387. The first-order chi connectivity index (χ1) is 48.6. The van der Waals surface area contributed by atoms with E-state index in [0.717, 1.165) is 156 Å². The van der Waals surface area contributed by atoms with Crippen LogP contribution in [0.4, 0.5) is 0 Å². The number of nitrogens with zero attached hydrogens (tertiary/aromatic N) is 8. The molecule has 0 radical (unpaired) electrons. The Morgan fingerprint density at radius 2 is 0.733 bits per heavy atom. The molecule has 0 bridgehead atoms. The van der Waals surface area contributed by atoms with Crippen molar-refractivity contribution in [2.75, 3.05) is 105 Å². The van der Waals surface area contributed by atoms with Gasteiger partial charge in [-0.15, -0.1) is 0 Å². The Balaban J connectivity index is 0.000000307. The summed E-state index contributed by atoms with van der Waals surface area (Å²) in [5.41, 5.74) is 3.54. The number of allylic oxidation sites excluding steroid dienone is 2. The van der Waals surface area contributed by atoms with Crippen molar-refractivity contribution in [1.29, 1.82) is 0 Å². The Bertz CT molecular complexity index is 2210. The van der Waals surface area contributed by atoms with Gasteiger partial charge in [-0.2, -0.15) is 0 Å². The molecule has 8 aliphatic heterocycles. The lowest BCUT2D eigenvalue weighted by Crippen LogP contribution is -2.66. The van der Waals surface area contributed by atoms with Crippen LogP contribution in [-0.4, -0.2) is 203 Å². The van der Waals surface area contributed by atoms with E-state index in [9.17, 15) is 5.11 Å². The molecule has 9 heteroatoms. The second-order valence-corrected chi connectivity index (χ2v) is 42.6. The molecule has 11 rings (SSSR count). The summed E-state index contributed by atoms with van der Waals surface area (Å²) in [5, 5.41) is 9.86. The van der Waals surface area contributed by atoms with Crippen LogP contribution in [0.5, 0.6) is 0 Å². The highest BCUT2D eigenvalue weighted by atomic mass is 16.3. The third-order valence-corrected chi connectivity index (χ3v) is 28.5. The highest BCUT2D eigenvalue weighted by Gasteiger charge is 2.57. The van der Waals surface area contributed by atoms with Gasteiger partial charge in [-0.1, -0.05) is 163 Å². The molecule has 5 atom stereocenters. The third-order valence-electron chi connectivity index (χ3n) is 28.5.